The lowest BCUT2D eigenvalue weighted by atomic mass is 9.75. The van der Waals surface area contributed by atoms with Crippen LogP contribution in [-0.2, 0) is 13.0 Å². The SMILES string of the molecule is CC1(C)CC(=O)c2cc(C(=O)NCc3ccccc3)c(=O)n(-c3ccc(Cl)c(Cl)c3)c2C1. The smallest absolute Gasteiger partial charge is 0.268 e. The summed E-state index contributed by atoms with van der Waals surface area (Å²) in [6, 6.07) is 15.7. The summed E-state index contributed by atoms with van der Waals surface area (Å²) >= 11 is 12.3. The zero-order valence-corrected chi connectivity index (χ0v) is 19.3. The van der Waals surface area contributed by atoms with Gasteiger partial charge in [-0.05, 0) is 41.7 Å². The number of nitrogens with one attached hydrogen (secondary N) is 1. The fourth-order valence-electron chi connectivity index (χ4n) is 4.05. The second-order valence-electron chi connectivity index (χ2n) is 8.77. The van der Waals surface area contributed by atoms with Crippen LogP contribution in [0.2, 0.25) is 10.0 Å². The normalized spacial score (nSPS) is 14.7. The van der Waals surface area contributed by atoms with Crippen molar-refractivity contribution < 1.29 is 9.59 Å². The Balaban J connectivity index is 1.84. The highest BCUT2D eigenvalue weighted by molar-refractivity contribution is 6.42. The van der Waals surface area contributed by atoms with Crippen LogP contribution >= 0.6 is 23.2 Å². The van der Waals surface area contributed by atoms with E-state index < -0.39 is 11.5 Å². The Labute approximate surface area is 196 Å². The van der Waals surface area contributed by atoms with E-state index >= 15 is 0 Å². The number of hydrogen-bond donors (Lipinski definition) is 1. The summed E-state index contributed by atoms with van der Waals surface area (Å²) in [4.78, 5) is 39.5. The number of carbonyl (C=O) groups excluding carboxylic acids is 2. The molecule has 3 aromatic rings. The number of Topliss-reactive ketones (excluding diaryl/α,β-unsaturated/α-hetero) is 1. The summed E-state index contributed by atoms with van der Waals surface area (Å²) in [7, 11) is 0. The Hall–Kier alpha value is -2.89. The molecule has 2 aromatic carbocycles. The van der Waals surface area contributed by atoms with Crippen LogP contribution in [0.3, 0.4) is 0 Å². The molecule has 164 valence electrons. The molecule has 0 saturated carbocycles. The minimum absolute atomic E-state index is 0.0844. The second kappa shape index (κ2) is 8.57. The first-order valence-electron chi connectivity index (χ1n) is 10.3. The summed E-state index contributed by atoms with van der Waals surface area (Å²) in [6.45, 7) is 4.24. The highest BCUT2D eigenvalue weighted by atomic mass is 35.5. The maximum absolute atomic E-state index is 13.5. The second-order valence-corrected chi connectivity index (χ2v) is 9.58. The average molecular weight is 469 g/mol. The molecule has 4 rings (SSSR count). The van der Waals surface area contributed by atoms with E-state index in [1.165, 1.54) is 10.6 Å². The molecule has 1 aliphatic rings. The van der Waals surface area contributed by atoms with E-state index in [1.807, 2.05) is 44.2 Å². The topological polar surface area (TPSA) is 68.2 Å². The molecule has 5 nitrogen and oxygen atoms in total. The first-order valence-corrected chi connectivity index (χ1v) is 11.0. The van der Waals surface area contributed by atoms with Gasteiger partial charge in [0, 0.05) is 24.2 Å². The van der Waals surface area contributed by atoms with Crippen molar-refractivity contribution in [2.24, 2.45) is 5.41 Å². The number of rotatable bonds is 4. The molecule has 0 bridgehead atoms. The van der Waals surface area contributed by atoms with E-state index in [0.717, 1.165) is 5.56 Å². The Bertz CT molecular complexity index is 1280. The van der Waals surface area contributed by atoms with Gasteiger partial charge in [0.15, 0.2) is 5.78 Å². The van der Waals surface area contributed by atoms with Crippen LogP contribution in [0.25, 0.3) is 5.69 Å². The molecule has 7 heteroatoms. The molecule has 0 saturated heterocycles. The van der Waals surface area contributed by atoms with Crippen LogP contribution in [0.4, 0.5) is 0 Å². The van der Waals surface area contributed by atoms with Crippen molar-refractivity contribution in [1.29, 1.82) is 0 Å². The number of ketones is 1. The number of nitrogens with zero attached hydrogens (tertiary/aromatic N) is 1. The van der Waals surface area contributed by atoms with Gasteiger partial charge in [-0.1, -0.05) is 67.4 Å². The molecule has 1 amide bonds. The molecule has 0 spiro atoms. The van der Waals surface area contributed by atoms with Crippen LogP contribution in [0.1, 0.15) is 52.2 Å². The molecule has 1 aromatic heterocycles. The summed E-state index contributed by atoms with van der Waals surface area (Å²) in [5, 5.41) is 3.42. The van der Waals surface area contributed by atoms with Gasteiger partial charge in [-0.25, -0.2) is 0 Å². The van der Waals surface area contributed by atoms with Crippen molar-refractivity contribution >= 4 is 34.9 Å². The molecule has 0 aliphatic heterocycles. The van der Waals surface area contributed by atoms with Gasteiger partial charge in [-0.15, -0.1) is 0 Å². The highest BCUT2D eigenvalue weighted by Crippen LogP contribution is 2.36. The number of amides is 1. The van der Waals surface area contributed by atoms with Gasteiger partial charge < -0.3 is 5.32 Å². The number of halogens is 2. The minimum Gasteiger partial charge on any atom is -0.348 e. The predicted octanol–water partition coefficient (Wildman–Crippen LogP) is 5.23. The van der Waals surface area contributed by atoms with Crippen molar-refractivity contribution in [3.05, 3.63) is 97.4 Å². The first-order chi connectivity index (χ1) is 15.2. The molecule has 0 unspecified atom stereocenters. The van der Waals surface area contributed by atoms with Crippen LogP contribution in [0.5, 0.6) is 0 Å². The van der Waals surface area contributed by atoms with Crippen molar-refractivity contribution in [1.82, 2.24) is 9.88 Å². The van der Waals surface area contributed by atoms with Gasteiger partial charge in [0.05, 0.1) is 15.7 Å². The largest absolute Gasteiger partial charge is 0.348 e. The molecule has 0 atom stereocenters. The quantitative estimate of drug-likeness (QED) is 0.569. The highest BCUT2D eigenvalue weighted by Gasteiger charge is 2.35. The van der Waals surface area contributed by atoms with Crippen LogP contribution < -0.4 is 10.9 Å². The van der Waals surface area contributed by atoms with Crippen LogP contribution in [0.15, 0.2) is 59.4 Å². The number of fused-ring (bicyclic) bond motifs is 1. The fourth-order valence-corrected chi connectivity index (χ4v) is 4.34. The standard InChI is InChI=1S/C25H22Cl2N2O3/c1-25(2)12-21-17(22(30)13-25)11-18(23(31)28-14-15-6-4-3-5-7-15)24(32)29(21)16-8-9-19(26)20(27)10-16/h3-11H,12-14H2,1-2H3,(H,28,31). The predicted molar refractivity (Wildman–Crippen MR) is 126 cm³/mol. The monoisotopic (exact) mass is 468 g/mol. The average Bonchev–Trinajstić information content (AvgIpc) is 2.74. The van der Waals surface area contributed by atoms with E-state index in [2.05, 4.69) is 5.32 Å². The van der Waals surface area contributed by atoms with Gasteiger partial charge in [0.2, 0.25) is 0 Å². The summed E-state index contributed by atoms with van der Waals surface area (Å²) in [6.07, 6.45) is 0.847. The number of hydrogen-bond acceptors (Lipinski definition) is 3. The maximum Gasteiger partial charge on any atom is 0.268 e. The lowest BCUT2D eigenvalue weighted by molar-refractivity contribution is 0.0908. The lowest BCUT2D eigenvalue weighted by Gasteiger charge is -2.32. The molecule has 1 N–H and O–H groups in total. The molecule has 0 radical (unpaired) electrons. The van der Waals surface area contributed by atoms with Crippen molar-refractivity contribution in [2.45, 2.75) is 33.2 Å². The Kier molecular flexibility index (Phi) is 5.97. The number of pyridine rings is 1. The number of aromatic nitrogens is 1. The van der Waals surface area contributed by atoms with Crippen molar-refractivity contribution in [2.75, 3.05) is 0 Å². The zero-order valence-electron chi connectivity index (χ0n) is 17.7. The fraction of sp³-hybridized carbons (Fsp3) is 0.240. The number of benzene rings is 2. The van der Waals surface area contributed by atoms with Crippen LogP contribution in [0, 0.1) is 5.41 Å². The summed E-state index contributed by atoms with van der Waals surface area (Å²) in [5.74, 6) is -0.629. The third kappa shape index (κ3) is 4.36. The Morgan fingerprint density at radius 1 is 1.00 bits per heavy atom. The van der Waals surface area contributed by atoms with Gasteiger partial charge >= 0.3 is 0 Å². The van der Waals surface area contributed by atoms with E-state index in [1.54, 1.807) is 18.2 Å². The molecular formula is C25H22Cl2N2O3. The Morgan fingerprint density at radius 2 is 1.72 bits per heavy atom. The zero-order chi connectivity index (χ0) is 23.0. The summed E-state index contributed by atoms with van der Waals surface area (Å²) in [5.41, 5.74) is 1.43. The first kappa shape index (κ1) is 22.3. The van der Waals surface area contributed by atoms with Crippen LogP contribution in [-0.4, -0.2) is 16.3 Å². The van der Waals surface area contributed by atoms with Crippen molar-refractivity contribution in [3.8, 4) is 5.69 Å². The minimum atomic E-state index is -0.534. The molecular weight excluding hydrogens is 447 g/mol. The molecule has 32 heavy (non-hydrogen) atoms. The van der Waals surface area contributed by atoms with E-state index in [0.29, 0.717) is 34.8 Å². The van der Waals surface area contributed by atoms with Crippen molar-refractivity contribution in [3.63, 3.8) is 0 Å². The summed E-state index contributed by atoms with van der Waals surface area (Å²) < 4.78 is 1.42. The maximum atomic E-state index is 13.5. The molecule has 0 fully saturated rings. The Morgan fingerprint density at radius 3 is 2.41 bits per heavy atom. The van der Waals surface area contributed by atoms with E-state index in [9.17, 15) is 14.4 Å². The van der Waals surface area contributed by atoms with Gasteiger partial charge in [0.25, 0.3) is 11.5 Å². The third-order valence-electron chi connectivity index (χ3n) is 5.59. The lowest BCUT2D eigenvalue weighted by Crippen LogP contribution is -2.38. The van der Waals surface area contributed by atoms with E-state index in [4.69, 9.17) is 23.2 Å². The molecule has 1 aliphatic carbocycles. The third-order valence-corrected chi connectivity index (χ3v) is 6.33. The van der Waals surface area contributed by atoms with Gasteiger partial charge in [-0.3, -0.25) is 19.0 Å². The number of carbonyl (C=O) groups is 2. The van der Waals surface area contributed by atoms with Gasteiger partial charge in [0.1, 0.15) is 5.56 Å². The molecule has 1 heterocycles. The van der Waals surface area contributed by atoms with Gasteiger partial charge in [-0.2, -0.15) is 0 Å². The van der Waals surface area contributed by atoms with E-state index in [-0.39, 0.29) is 28.3 Å².